The molecule has 4 N–H and O–H groups in total. The lowest BCUT2D eigenvalue weighted by Gasteiger charge is -2.28. The van der Waals surface area contributed by atoms with Crippen molar-refractivity contribution >= 4 is 17.6 Å². The summed E-state index contributed by atoms with van der Waals surface area (Å²) in [7, 11) is 3.09. The molecule has 0 spiro atoms. The molecule has 0 saturated carbocycles. The first-order valence-electron chi connectivity index (χ1n) is 9.81. The molecule has 0 aromatic heterocycles. The van der Waals surface area contributed by atoms with Crippen LogP contribution in [0.3, 0.4) is 0 Å². The van der Waals surface area contributed by atoms with Crippen molar-refractivity contribution in [1.29, 1.82) is 5.26 Å². The molecule has 3 amide bonds. The second-order valence-electron chi connectivity index (χ2n) is 7.07. The van der Waals surface area contributed by atoms with E-state index in [0.717, 1.165) is 18.5 Å². The fourth-order valence-corrected chi connectivity index (χ4v) is 3.62. The van der Waals surface area contributed by atoms with E-state index in [4.69, 9.17) is 15.2 Å². The normalized spacial score (nSPS) is 15.1. The topological polar surface area (TPSA) is 130 Å². The maximum Gasteiger partial charge on any atom is 0.319 e. The van der Waals surface area contributed by atoms with Crippen LogP contribution in [-0.2, 0) is 6.54 Å². The monoisotopic (exact) mass is 423 g/mol. The molecule has 1 unspecified atom stereocenters. The molecule has 3 rings (SSSR count). The third kappa shape index (κ3) is 4.87. The van der Waals surface area contributed by atoms with Crippen LogP contribution in [0.4, 0.5) is 10.5 Å². The van der Waals surface area contributed by atoms with Crippen molar-refractivity contribution in [3.63, 3.8) is 0 Å². The van der Waals surface area contributed by atoms with Crippen LogP contribution in [0.25, 0.3) is 0 Å². The molecule has 1 fully saturated rings. The van der Waals surface area contributed by atoms with E-state index < -0.39 is 11.9 Å². The highest BCUT2D eigenvalue weighted by molar-refractivity contribution is 6.04. The lowest BCUT2D eigenvalue weighted by Crippen LogP contribution is -2.46. The number of hydrogen-bond donors (Lipinski definition) is 3. The fourth-order valence-electron chi connectivity index (χ4n) is 3.62. The van der Waals surface area contributed by atoms with E-state index in [1.54, 1.807) is 31.4 Å². The highest BCUT2D eigenvalue weighted by atomic mass is 16.5. The minimum absolute atomic E-state index is 0.164. The Kier molecular flexibility index (Phi) is 6.95. The van der Waals surface area contributed by atoms with Gasteiger partial charge in [-0.3, -0.25) is 9.69 Å². The summed E-state index contributed by atoms with van der Waals surface area (Å²) in [6.45, 7) is 1.55. The van der Waals surface area contributed by atoms with Gasteiger partial charge in [0, 0.05) is 13.1 Å². The molecular weight excluding hydrogens is 398 g/mol. The Bertz CT molecular complexity index is 1010. The first kappa shape index (κ1) is 21.9. The molecule has 1 aliphatic rings. The fraction of sp³-hybridized carbons (Fsp3) is 0.318. The van der Waals surface area contributed by atoms with Crippen molar-refractivity contribution in [2.45, 2.75) is 19.0 Å². The van der Waals surface area contributed by atoms with Gasteiger partial charge < -0.3 is 25.8 Å². The minimum Gasteiger partial charge on any atom is -0.493 e. The lowest BCUT2D eigenvalue weighted by atomic mass is 10.0. The van der Waals surface area contributed by atoms with Crippen LogP contribution >= 0.6 is 0 Å². The number of carbonyl (C=O) groups is 2. The average Bonchev–Trinajstić information content (AvgIpc) is 3.31. The number of methoxy groups -OCH3 is 2. The van der Waals surface area contributed by atoms with Gasteiger partial charge in [-0.15, -0.1) is 0 Å². The number of nitrogens with two attached hydrogens (primary N) is 1. The molecule has 1 heterocycles. The van der Waals surface area contributed by atoms with E-state index in [2.05, 4.69) is 10.6 Å². The van der Waals surface area contributed by atoms with E-state index in [1.807, 2.05) is 12.1 Å². The number of anilines is 1. The van der Waals surface area contributed by atoms with Gasteiger partial charge in [0.15, 0.2) is 11.5 Å². The van der Waals surface area contributed by atoms with Crippen LogP contribution in [0.2, 0.25) is 0 Å². The number of primary amides is 1. The Morgan fingerprint density at radius 2 is 2.00 bits per heavy atom. The molecular formula is C22H25N5O4. The Morgan fingerprint density at radius 3 is 2.61 bits per heavy atom. The van der Waals surface area contributed by atoms with Crippen LogP contribution in [0.15, 0.2) is 36.4 Å². The predicted octanol–water partition coefficient (Wildman–Crippen LogP) is 1.75. The predicted molar refractivity (Wildman–Crippen MR) is 115 cm³/mol. The van der Waals surface area contributed by atoms with Gasteiger partial charge in [0.25, 0.3) is 5.91 Å². The van der Waals surface area contributed by atoms with Gasteiger partial charge in [-0.05, 0) is 48.9 Å². The number of carbonyl (C=O) groups excluding carboxylic acids is 2. The van der Waals surface area contributed by atoms with Crippen molar-refractivity contribution in [1.82, 2.24) is 10.6 Å². The second-order valence-corrected chi connectivity index (χ2v) is 7.07. The van der Waals surface area contributed by atoms with Crippen LogP contribution in [0.1, 0.15) is 27.9 Å². The second kappa shape index (κ2) is 9.82. The van der Waals surface area contributed by atoms with Crippen molar-refractivity contribution in [2.75, 3.05) is 32.2 Å². The molecule has 9 nitrogen and oxygen atoms in total. The van der Waals surface area contributed by atoms with E-state index >= 15 is 0 Å². The van der Waals surface area contributed by atoms with Crippen molar-refractivity contribution in [2.24, 2.45) is 5.73 Å². The lowest BCUT2D eigenvalue weighted by molar-refractivity contribution is 0.0951. The summed E-state index contributed by atoms with van der Waals surface area (Å²) < 4.78 is 10.5. The Balaban J connectivity index is 1.87. The zero-order valence-electron chi connectivity index (χ0n) is 17.5. The van der Waals surface area contributed by atoms with Gasteiger partial charge in [0.2, 0.25) is 0 Å². The molecule has 1 atom stereocenters. The number of nitrogens with zero attached hydrogens (tertiary/aromatic N) is 2. The number of amides is 3. The maximum atomic E-state index is 13.1. The quantitative estimate of drug-likeness (QED) is 0.622. The number of rotatable bonds is 7. The van der Waals surface area contributed by atoms with E-state index in [1.165, 1.54) is 18.1 Å². The largest absolute Gasteiger partial charge is 0.493 e. The molecule has 2 aromatic rings. The summed E-state index contributed by atoms with van der Waals surface area (Å²) in [5, 5.41) is 15.3. The summed E-state index contributed by atoms with van der Waals surface area (Å²) >= 11 is 0. The molecule has 162 valence electrons. The number of hydrogen-bond acceptors (Lipinski definition) is 6. The van der Waals surface area contributed by atoms with Crippen LogP contribution < -0.4 is 30.7 Å². The highest BCUT2D eigenvalue weighted by Crippen LogP contribution is 2.28. The smallest absolute Gasteiger partial charge is 0.319 e. The third-order valence-electron chi connectivity index (χ3n) is 5.17. The minimum atomic E-state index is -0.646. The SMILES string of the molecule is COc1ccc(CNC(=O)c2cc(C#N)ccc2N(C(N)=O)C2CCNC2)cc1OC. The van der Waals surface area contributed by atoms with Crippen molar-refractivity contribution in [3.05, 3.63) is 53.1 Å². The summed E-state index contributed by atoms with van der Waals surface area (Å²) in [6.07, 6.45) is 0.718. The van der Waals surface area contributed by atoms with Gasteiger partial charge in [-0.25, -0.2) is 4.79 Å². The molecule has 2 aromatic carbocycles. The van der Waals surface area contributed by atoms with Gasteiger partial charge in [0.1, 0.15) is 0 Å². The summed E-state index contributed by atoms with van der Waals surface area (Å²) in [6, 6.07) is 11.2. The number of ether oxygens (including phenoxy) is 2. The highest BCUT2D eigenvalue weighted by Gasteiger charge is 2.29. The average molecular weight is 423 g/mol. The Morgan fingerprint density at radius 1 is 1.23 bits per heavy atom. The molecule has 9 heteroatoms. The van der Waals surface area contributed by atoms with Crippen molar-refractivity contribution < 1.29 is 19.1 Å². The molecule has 0 aliphatic carbocycles. The molecule has 1 aliphatic heterocycles. The van der Waals surface area contributed by atoms with Gasteiger partial charge in [-0.2, -0.15) is 5.26 Å². The van der Waals surface area contributed by atoms with E-state index in [0.29, 0.717) is 29.3 Å². The molecule has 0 radical (unpaired) electrons. The summed E-state index contributed by atoms with van der Waals surface area (Å²) in [4.78, 5) is 26.7. The van der Waals surface area contributed by atoms with Crippen molar-refractivity contribution in [3.8, 4) is 17.6 Å². The van der Waals surface area contributed by atoms with Gasteiger partial charge in [-0.1, -0.05) is 6.07 Å². The van der Waals surface area contributed by atoms with E-state index in [-0.39, 0.29) is 18.2 Å². The van der Waals surface area contributed by atoms with Gasteiger partial charge in [0.05, 0.1) is 43.1 Å². The zero-order valence-corrected chi connectivity index (χ0v) is 17.5. The zero-order chi connectivity index (χ0) is 22.4. The standard InChI is InChI=1S/C22H25N5O4/c1-30-19-6-4-15(10-20(19)31-2)12-26-21(28)17-9-14(11-23)3-5-18(17)27(22(24)29)16-7-8-25-13-16/h3-6,9-10,16,25H,7-8,12-13H2,1-2H3,(H2,24,29)(H,26,28). The van der Waals surface area contributed by atoms with Crippen LogP contribution in [0.5, 0.6) is 11.5 Å². The Labute approximate surface area is 180 Å². The van der Waals surface area contributed by atoms with E-state index in [9.17, 15) is 14.9 Å². The van der Waals surface area contributed by atoms with Crippen LogP contribution in [0, 0.1) is 11.3 Å². The van der Waals surface area contributed by atoms with Gasteiger partial charge >= 0.3 is 6.03 Å². The summed E-state index contributed by atoms with van der Waals surface area (Å²) in [5.41, 5.74) is 7.36. The molecule has 31 heavy (non-hydrogen) atoms. The molecule has 1 saturated heterocycles. The number of nitrogens with one attached hydrogen (secondary N) is 2. The molecule has 0 bridgehead atoms. The number of benzene rings is 2. The third-order valence-corrected chi connectivity index (χ3v) is 5.17. The summed E-state index contributed by atoms with van der Waals surface area (Å²) in [5.74, 6) is 0.720. The first-order chi connectivity index (χ1) is 15.0. The number of urea groups is 1. The maximum absolute atomic E-state index is 13.1. The van der Waals surface area contributed by atoms with Crippen LogP contribution in [-0.4, -0.2) is 45.3 Å². The first-order valence-corrected chi connectivity index (χ1v) is 9.81. The number of nitriles is 1. The Hall–Kier alpha value is -3.77.